The van der Waals surface area contributed by atoms with Gasteiger partial charge in [0.2, 0.25) is 5.88 Å². The molecule has 0 saturated carbocycles. The molecule has 0 radical (unpaired) electrons. The molecule has 0 aliphatic rings. The van der Waals surface area contributed by atoms with E-state index < -0.39 is 11.9 Å². The van der Waals surface area contributed by atoms with Crippen LogP contribution in [0.15, 0.2) is 48.8 Å². The Hall–Kier alpha value is -4.32. The Kier molecular flexibility index (Phi) is 5.46. The minimum atomic E-state index is -0.678. The Morgan fingerprint density at radius 2 is 1.90 bits per heavy atom. The van der Waals surface area contributed by atoms with Crippen LogP contribution in [-0.4, -0.2) is 35.7 Å². The van der Waals surface area contributed by atoms with E-state index >= 15 is 0 Å². The fourth-order valence-electron chi connectivity index (χ4n) is 2.65. The minimum Gasteiger partial charge on any atom is -0.465 e. The number of nitrogen functional groups attached to an aromatic ring is 1. The molecule has 2 N–H and O–H groups in total. The molecular formula is C20H16N4O5. The third-order valence-electron chi connectivity index (χ3n) is 4.02. The van der Waals surface area contributed by atoms with Crippen LogP contribution in [0.3, 0.4) is 0 Å². The fourth-order valence-corrected chi connectivity index (χ4v) is 2.65. The maximum Gasteiger partial charge on any atom is 0.357 e. The summed E-state index contributed by atoms with van der Waals surface area (Å²) in [7, 11) is 2.51. The van der Waals surface area contributed by atoms with Gasteiger partial charge >= 0.3 is 11.9 Å². The van der Waals surface area contributed by atoms with Crippen molar-refractivity contribution in [1.29, 1.82) is 5.26 Å². The molecule has 2 heterocycles. The molecule has 0 spiro atoms. The molecule has 0 amide bonds. The van der Waals surface area contributed by atoms with E-state index in [9.17, 15) is 14.9 Å². The van der Waals surface area contributed by atoms with Crippen LogP contribution >= 0.6 is 0 Å². The summed E-state index contributed by atoms with van der Waals surface area (Å²) in [6.07, 6.45) is 2.86. The molecule has 146 valence electrons. The van der Waals surface area contributed by atoms with Gasteiger partial charge < -0.3 is 24.5 Å². The number of nitrogens with two attached hydrogens (primary N) is 1. The van der Waals surface area contributed by atoms with Crippen molar-refractivity contribution in [3.63, 3.8) is 0 Å². The molecule has 0 aliphatic carbocycles. The van der Waals surface area contributed by atoms with Gasteiger partial charge in [0.15, 0.2) is 5.69 Å². The van der Waals surface area contributed by atoms with Crippen LogP contribution in [0.5, 0.6) is 11.6 Å². The number of anilines is 1. The van der Waals surface area contributed by atoms with Crippen LogP contribution in [0.4, 0.5) is 5.69 Å². The predicted octanol–water partition coefficient (Wildman–Crippen LogP) is 2.69. The van der Waals surface area contributed by atoms with E-state index in [0.29, 0.717) is 17.0 Å². The number of hydrogen-bond donors (Lipinski definition) is 1. The molecule has 0 fully saturated rings. The molecule has 3 rings (SSSR count). The molecule has 9 nitrogen and oxygen atoms in total. The number of benzene rings is 1. The lowest BCUT2D eigenvalue weighted by Gasteiger charge is -2.11. The van der Waals surface area contributed by atoms with E-state index in [1.165, 1.54) is 43.3 Å². The van der Waals surface area contributed by atoms with Crippen molar-refractivity contribution in [3.05, 3.63) is 65.6 Å². The van der Waals surface area contributed by atoms with Gasteiger partial charge in [-0.25, -0.2) is 14.6 Å². The number of ether oxygens (including phenoxy) is 3. The first-order chi connectivity index (χ1) is 14.0. The van der Waals surface area contributed by atoms with Crippen molar-refractivity contribution in [3.8, 4) is 23.4 Å². The van der Waals surface area contributed by atoms with Crippen molar-refractivity contribution < 1.29 is 23.8 Å². The zero-order chi connectivity index (χ0) is 21.0. The van der Waals surface area contributed by atoms with Crippen molar-refractivity contribution in [2.45, 2.75) is 0 Å². The van der Waals surface area contributed by atoms with Crippen LogP contribution in [-0.2, 0) is 9.47 Å². The zero-order valence-corrected chi connectivity index (χ0v) is 15.6. The van der Waals surface area contributed by atoms with Gasteiger partial charge in [-0.2, -0.15) is 5.26 Å². The van der Waals surface area contributed by atoms with Gasteiger partial charge in [0.25, 0.3) is 0 Å². The number of pyridine rings is 1. The average molecular weight is 392 g/mol. The SMILES string of the molecule is COC(=O)c1ccnc(Oc2cccc(-n3cc(C#N)c(N)c3C(=O)OC)c2)c1. The second-order valence-electron chi connectivity index (χ2n) is 5.75. The highest BCUT2D eigenvalue weighted by Gasteiger charge is 2.22. The van der Waals surface area contributed by atoms with Crippen LogP contribution in [0.1, 0.15) is 26.4 Å². The maximum atomic E-state index is 12.1. The number of nitrogens with zero attached hydrogens (tertiary/aromatic N) is 3. The van der Waals surface area contributed by atoms with E-state index in [1.54, 1.807) is 24.3 Å². The van der Waals surface area contributed by atoms with Gasteiger partial charge in [0.1, 0.15) is 11.8 Å². The standard InChI is InChI=1S/C20H16N4O5/c1-27-19(25)12-6-7-23-16(8-12)29-15-5-3-4-14(9-15)24-11-13(10-21)17(22)18(24)20(26)28-2/h3-9,11H,22H2,1-2H3. The topological polar surface area (TPSA) is 129 Å². The second kappa shape index (κ2) is 8.14. The van der Waals surface area contributed by atoms with Gasteiger partial charge in [-0.1, -0.05) is 6.07 Å². The highest BCUT2D eigenvalue weighted by molar-refractivity contribution is 5.96. The molecular weight excluding hydrogens is 376 g/mol. The lowest BCUT2D eigenvalue weighted by molar-refractivity contribution is 0.0587. The predicted molar refractivity (Wildman–Crippen MR) is 102 cm³/mol. The number of rotatable bonds is 5. The number of nitriles is 1. The Labute approximate surface area is 165 Å². The molecule has 0 unspecified atom stereocenters. The smallest absolute Gasteiger partial charge is 0.357 e. The number of hydrogen-bond acceptors (Lipinski definition) is 8. The maximum absolute atomic E-state index is 12.1. The first-order valence-electron chi connectivity index (χ1n) is 8.30. The van der Waals surface area contributed by atoms with Crippen LogP contribution in [0, 0.1) is 11.3 Å². The summed E-state index contributed by atoms with van der Waals surface area (Å²) in [5.41, 5.74) is 6.93. The first-order valence-corrected chi connectivity index (χ1v) is 8.30. The van der Waals surface area contributed by atoms with Gasteiger partial charge in [-0.05, 0) is 18.2 Å². The van der Waals surface area contributed by atoms with Crippen LogP contribution < -0.4 is 10.5 Å². The molecule has 0 aliphatic heterocycles. The van der Waals surface area contributed by atoms with Gasteiger partial charge in [-0.15, -0.1) is 0 Å². The van der Waals surface area contributed by atoms with E-state index in [-0.39, 0.29) is 22.8 Å². The highest BCUT2D eigenvalue weighted by atomic mass is 16.5. The molecule has 0 bridgehead atoms. The second-order valence-corrected chi connectivity index (χ2v) is 5.75. The molecule has 1 aromatic carbocycles. The van der Waals surface area contributed by atoms with E-state index in [4.69, 9.17) is 15.2 Å². The number of methoxy groups -OCH3 is 2. The van der Waals surface area contributed by atoms with Gasteiger partial charge in [0.05, 0.1) is 31.0 Å². The molecule has 0 atom stereocenters. The van der Waals surface area contributed by atoms with E-state index in [0.717, 1.165) is 0 Å². The monoisotopic (exact) mass is 392 g/mol. The summed E-state index contributed by atoms with van der Waals surface area (Å²) in [5.74, 6) is -0.620. The van der Waals surface area contributed by atoms with Crippen molar-refractivity contribution in [2.24, 2.45) is 0 Å². The van der Waals surface area contributed by atoms with Crippen LogP contribution in [0.25, 0.3) is 5.69 Å². The Balaban J connectivity index is 1.99. The minimum absolute atomic E-state index is 0.0260. The molecule has 29 heavy (non-hydrogen) atoms. The van der Waals surface area contributed by atoms with Crippen molar-refractivity contribution >= 4 is 17.6 Å². The Bertz CT molecular complexity index is 1130. The van der Waals surface area contributed by atoms with Crippen molar-refractivity contribution in [1.82, 2.24) is 9.55 Å². The summed E-state index contributed by atoms with van der Waals surface area (Å²) in [4.78, 5) is 27.9. The summed E-state index contributed by atoms with van der Waals surface area (Å²) >= 11 is 0. The highest BCUT2D eigenvalue weighted by Crippen LogP contribution is 2.28. The third kappa shape index (κ3) is 3.86. The largest absolute Gasteiger partial charge is 0.465 e. The Morgan fingerprint density at radius 1 is 1.14 bits per heavy atom. The van der Waals surface area contributed by atoms with E-state index in [2.05, 4.69) is 9.72 Å². The van der Waals surface area contributed by atoms with Gasteiger partial charge in [0, 0.05) is 30.2 Å². The number of carbonyl (C=O) groups is 2. The van der Waals surface area contributed by atoms with Crippen LogP contribution in [0.2, 0.25) is 0 Å². The summed E-state index contributed by atoms with van der Waals surface area (Å²) in [6.45, 7) is 0. The Morgan fingerprint density at radius 3 is 2.59 bits per heavy atom. The lowest BCUT2D eigenvalue weighted by Crippen LogP contribution is -2.11. The zero-order valence-electron chi connectivity index (χ0n) is 15.6. The molecule has 2 aromatic heterocycles. The van der Waals surface area contributed by atoms with Gasteiger partial charge in [-0.3, -0.25) is 0 Å². The summed E-state index contributed by atoms with van der Waals surface area (Å²) in [6, 6.07) is 11.6. The average Bonchev–Trinajstić information content (AvgIpc) is 3.09. The fraction of sp³-hybridized carbons (Fsp3) is 0.100. The quantitative estimate of drug-likeness (QED) is 0.656. The first kappa shape index (κ1) is 19.4. The molecule has 9 heteroatoms. The molecule has 3 aromatic rings. The van der Waals surface area contributed by atoms with E-state index in [1.807, 2.05) is 6.07 Å². The molecule has 0 saturated heterocycles. The summed E-state index contributed by atoms with van der Waals surface area (Å²) in [5, 5.41) is 9.23. The van der Waals surface area contributed by atoms with Crippen molar-refractivity contribution in [2.75, 3.05) is 20.0 Å². The lowest BCUT2D eigenvalue weighted by atomic mass is 10.2. The third-order valence-corrected chi connectivity index (χ3v) is 4.02. The normalized spacial score (nSPS) is 10.1. The number of esters is 2. The number of carbonyl (C=O) groups excluding carboxylic acids is 2. The summed E-state index contributed by atoms with van der Waals surface area (Å²) < 4.78 is 16.6. The number of aromatic nitrogens is 2.